The van der Waals surface area contributed by atoms with Crippen molar-refractivity contribution in [1.82, 2.24) is 5.32 Å². The summed E-state index contributed by atoms with van der Waals surface area (Å²) in [4.78, 5) is 32.5. The molecule has 9 heteroatoms. The van der Waals surface area contributed by atoms with E-state index in [-0.39, 0.29) is 17.7 Å². The summed E-state index contributed by atoms with van der Waals surface area (Å²) in [6, 6.07) is 2.69. The molecule has 2 unspecified atom stereocenters. The molecule has 1 saturated carbocycles. The zero-order valence-electron chi connectivity index (χ0n) is 12.6. The van der Waals surface area contributed by atoms with Gasteiger partial charge in [-0.2, -0.15) is 0 Å². The molecule has 1 aromatic rings. The van der Waals surface area contributed by atoms with Gasteiger partial charge in [-0.05, 0) is 12.8 Å². The molecule has 1 amide bonds. The van der Waals surface area contributed by atoms with Crippen LogP contribution >= 0.6 is 0 Å². The van der Waals surface area contributed by atoms with Crippen molar-refractivity contribution < 1.29 is 19.4 Å². The number of benzene rings is 1. The van der Waals surface area contributed by atoms with Gasteiger partial charge in [0.15, 0.2) is 0 Å². The molecule has 0 radical (unpaired) electrons. The van der Waals surface area contributed by atoms with Crippen LogP contribution < -0.4 is 5.32 Å². The molecule has 23 heavy (non-hydrogen) atoms. The first-order valence-electron chi connectivity index (χ1n) is 7.20. The van der Waals surface area contributed by atoms with Gasteiger partial charge in [0, 0.05) is 19.2 Å². The summed E-state index contributed by atoms with van der Waals surface area (Å²) in [6.45, 7) is 0. The highest BCUT2D eigenvalue weighted by atomic mass is 16.6. The Kier molecular flexibility index (Phi) is 5.22. The van der Waals surface area contributed by atoms with Crippen LogP contribution in [0, 0.1) is 20.2 Å². The highest BCUT2D eigenvalue weighted by molar-refractivity contribution is 5.95. The number of nitro benzene ring substituents is 2. The Labute approximate surface area is 131 Å². The molecule has 9 nitrogen and oxygen atoms in total. The maximum absolute atomic E-state index is 12.3. The van der Waals surface area contributed by atoms with Crippen LogP contribution in [0.5, 0.6) is 0 Å². The third-order valence-corrected chi connectivity index (χ3v) is 3.91. The second-order valence-electron chi connectivity index (χ2n) is 5.39. The monoisotopic (exact) mass is 323 g/mol. The molecule has 1 N–H and O–H groups in total. The van der Waals surface area contributed by atoms with Crippen molar-refractivity contribution in [2.75, 3.05) is 7.11 Å². The number of nitrogens with zero attached hydrogens (tertiary/aromatic N) is 2. The van der Waals surface area contributed by atoms with Gasteiger partial charge in [0.1, 0.15) is 0 Å². The molecule has 2 atom stereocenters. The third kappa shape index (κ3) is 4.01. The lowest BCUT2D eigenvalue weighted by Crippen LogP contribution is -2.45. The first-order chi connectivity index (χ1) is 10.9. The average Bonchev–Trinajstić information content (AvgIpc) is 2.54. The first kappa shape index (κ1) is 16.8. The largest absolute Gasteiger partial charge is 0.379 e. The van der Waals surface area contributed by atoms with E-state index in [1.807, 2.05) is 0 Å². The maximum atomic E-state index is 12.3. The fraction of sp³-hybridized carbons (Fsp3) is 0.500. The number of hydrogen-bond acceptors (Lipinski definition) is 6. The lowest BCUT2D eigenvalue weighted by atomic mass is 9.92. The van der Waals surface area contributed by atoms with Gasteiger partial charge < -0.3 is 10.1 Å². The van der Waals surface area contributed by atoms with E-state index in [1.165, 1.54) is 0 Å². The van der Waals surface area contributed by atoms with Crippen LogP contribution in [0.25, 0.3) is 0 Å². The molecule has 0 heterocycles. The zero-order chi connectivity index (χ0) is 17.0. The summed E-state index contributed by atoms with van der Waals surface area (Å²) < 4.78 is 5.33. The highest BCUT2D eigenvalue weighted by Gasteiger charge is 2.28. The molecule has 0 saturated heterocycles. The Bertz CT molecular complexity index is 601. The molecular formula is C14H17N3O6. The number of hydrogen-bond donors (Lipinski definition) is 1. The Morgan fingerprint density at radius 2 is 1.70 bits per heavy atom. The minimum atomic E-state index is -0.762. The number of ether oxygens (including phenoxy) is 1. The normalized spacial score (nSPS) is 20.7. The van der Waals surface area contributed by atoms with Crippen molar-refractivity contribution >= 4 is 17.3 Å². The van der Waals surface area contributed by atoms with Gasteiger partial charge in [-0.3, -0.25) is 25.0 Å². The lowest BCUT2D eigenvalue weighted by molar-refractivity contribution is -0.394. The number of amides is 1. The lowest BCUT2D eigenvalue weighted by Gasteiger charge is -2.31. The van der Waals surface area contributed by atoms with E-state index in [9.17, 15) is 25.0 Å². The van der Waals surface area contributed by atoms with Gasteiger partial charge in [-0.15, -0.1) is 0 Å². The molecule has 0 spiro atoms. The van der Waals surface area contributed by atoms with Crippen LogP contribution in [0.1, 0.15) is 36.0 Å². The van der Waals surface area contributed by atoms with Crippen LogP contribution in [0.4, 0.5) is 11.4 Å². The zero-order valence-corrected chi connectivity index (χ0v) is 12.6. The van der Waals surface area contributed by atoms with Crippen molar-refractivity contribution in [2.45, 2.75) is 37.8 Å². The summed E-state index contributed by atoms with van der Waals surface area (Å²) >= 11 is 0. The van der Waals surface area contributed by atoms with E-state index < -0.39 is 27.1 Å². The van der Waals surface area contributed by atoms with Crippen LogP contribution in [0.3, 0.4) is 0 Å². The third-order valence-electron chi connectivity index (χ3n) is 3.91. The molecular weight excluding hydrogens is 306 g/mol. The number of rotatable bonds is 5. The Balaban J connectivity index is 2.24. The van der Waals surface area contributed by atoms with Gasteiger partial charge in [0.05, 0.1) is 33.6 Å². The van der Waals surface area contributed by atoms with Crippen LogP contribution in [-0.2, 0) is 4.74 Å². The smallest absolute Gasteiger partial charge is 0.277 e. The minimum Gasteiger partial charge on any atom is -0.379 e. The highest BCUT2D eigenvalue weighted by Crippen LogP contribution is 2.24. The molecule has 1 aliphatic carbocycles. The number of nitro groups is 2. The predicted octanol–water partition coefficient (Wildman–Crippen LogP) is 2.19. The molecule has 1 aromatic carbocycles. The average molecular weight is 323 g/mol. The minimum absolute atomic E-state index is 0.105. The Hall–Kier alpha value is -2.55. The number of carbonyl (C=O) groups excluding carboxylic acids is 1. The SMILES string of the molecule is COC1CCCCC1NC(=O)c1cc([N+](=O)[O-])cc([N+](=O)[O-])c1. The Morgan fingerprint density at radius 3 is 2.22 bits per heavy atom. The van der Waals surface area contributed by atoms with Crippen molar-refractivity contribution in [3.63, 3.8) is 0 Å². The van der Waals surface area contributed by atoms with Gasteiger partial charge in [-0.1, -0.05) is 12.8 Å². The van der Waals surface area contributed by atoms with Crippen LogP contribution in [0.15, 0.2) is 18.2 Å². The van der Waals surface area contributed by atoms with Crippen molar-refractivity contribution in [3.05, 3.63) is 44.0 Å². The summed E-state index contributed by atoms with van der Waals surface area (Å²) in [7, 11) is 1.56. The summed E-state index contributed by atoms with van der Waals surface area (Å²) in [5.74, 6) is -0.578. The van der Waals surface area contributed by atoms with E-state index >= 15 is 0 Å². The number of carbonyl (C=O) groups is 1. The van der Waals surface area contributed by atoms with Crippen LogP contribution in [-0.4, -0.2) is 35.0 Å². The fourth-order valence-electron chi connectivity index (χ4n) is 2.73. The van der Waals surface area contributed by atoms with E-state index in [4.69, 9.17) is 4.74 Å². The molecule has 2 rings (SSSR count). The summed E-state index contributed by atoms with van der Waals surface area (Å²) in [6.07, 6.45) is 3.38. The number of methoxy groups -OCH3 is 1. The summed E-state index contributed by atoms with van der Waals surface area (Å²) in [5, 5.41) is 24.5. The second kappa shape index (κ2) is 7.14. The van der Waals surface area contributed by atoms with Gasteiger partial charge in [-0.25, -0.2) is 0 Å². The summed E-state index contributed by atoms with van der Waals surface area (Å²) in [5.41, 5.74) is -1.08. The molecule has 1 fully saturated rings. The van der Waals surface area contributed by atoms with Crippen molar-refractivity contribution in [3.8, 4) is 0 Å². The first-order valence-corrected chi connectivity index (χ1v) is 7.20. The molecule has 0 bridgehead atoms. The quantitative estimate of drug-likeness (QED) is 0.654. The molecule has 1 aliphatic rings. The van der Waals surface area contributed by atoms with Gasteiger partial charge in [0.25, 0.3) is 17.3 Å². The van der Waals surface area contributed by atoms with Crippen LogP contribution in [0.2, 0.25) is 0 Å². The standard InChI is InChI=1S/C14H17N3O6/c1-23-13-5-3-2-4-12(13)15-14(18)9-6-10(16(19)20)8-11(7-9)17(21)22/h6-8,12-13H,2-5H2,1H3,(H,15,18). The predicted molar refractivity (Wildman–Crippen MR) is 80.3 cm³/mol. The van der Waals surface area contributed by atoms with E-state index in [2.05, 4.69) is 5.32 Å². The number of nitrogens with one attached hydrogen (secondary N) is 1. The number of non-ortho nitro benzene ring substituents is 2. The maximum Gasteiger partial charge on any atom is 0.277 e. The van der Waals surface area contributed by atoms with Gasteiger partial charge in [0.2, 0.25) is 0 Å². The topological polar surface area (TPSA) is 125 Å². The fourth-order valence-corrected chi connectivity index (χ4v) is 2.73. The van der Waals surface area contributed by atoms with Crippen molar-refractivity contribution in [2.24, 2.45) is 0 Å². The van der Waals surface area contributed by atoms with Gasteiger partial charge >= 0.3 is 0 Å². The van der Waals surface area contributed by atoms with E-state index in [1.54, 1.807) is 7.11 Å². The van der Waals surface area contributed by atoms with E-state index in [0.717, 1.165) is 43.9 Å². The second-order valence-corrected chi connectivity index (χ2v) is 5.39. The molecule has 0 aliphatic heterocycles. The van der Waals surface area contributed by atoms with Crippen molar-refractivity contribution in [1.29, 1.82) is 0 Å². The molecule has 124 valence electrons. The molecule has 0 aromatic heterocycles. The Morgan fingerprint density at radius 1 is 1.13 bits per heavy atom. The van der Waals surface area contributed by atoms with E-state index in [0.29, 0.717) is 0 Å².